The van der Waals surface area contributed by atoms with Crippen molar-refractivity contribution in [3.63, 3.8) is 0 Å². The van der Waals surface area contributed by atoms with Crippen molar-refractivity contribution in [2.75, 3.05) is 0 Å². The highest BCUT2D eigenvalue weighted by Crippen LogP contribution is 2.40. The molecule has 0 saturated heterocycles. The van der Waals surface area contributed by atoms with Crippen LogP contribution in [0.2, 0.25) is 0 Å². The third-order valence-electron chi connectivity index (χ3n) is 3.06. The maximum atomic E-state index is 13.2. The monoisotopic (exact) mass is 252 g/mol. The second kappa shape index (κ2) is 3.76. The molecule has 0 amide bonds. The molecule has 1 fully saturated rings. The van der Waals surface area contributed by atoms with Crippen molar-refractivity contribution < 1.29 is 18.7 Å². The number of hydrogen-bond donors (Lipinski definition) is 1. The van der Waals surface area contributed by atoms with Gasteiger partial charge in [-0.15, -0.1) is 0 Å². The average Bonchev–Trinajstić information content (AvgIpc) is 3.07. The highest BCUT2D eigenvalue weighted by Gasteiger charge is 2.30. The van der Waals surface area contributed by atoms with Gasteiger partial charge >= 0.3 is 5.97 Å². The summed E-state index contributed by atoms with van der Waals surface area (Å²) in [7, 11) is 0. The van der Waals surface area contributed by atoms with Gasteiger partial charge in [-0.2, -0.15) is 0 Å². The molecule has 1 aliphatic rings. The fraction of sp³-hybridized carbons (Fsp3) is 0.333. The number of imidazole rings is 1. The molecule has 0 radical (unpaired) electrons. The molecule has 0 atom stereocenters. The SMILES string of the molecule is O=C(O)Cn1c(C2CC2)nc2cc(F)c(F)cc21. The average molecular weight is 252 g/mol. The van der Waals surface area contributed by atoms with Gasteiger partial charge < -0.3 is 9.67 Å². The number of benzene rings is 1. The van der Waals surface area contributed by atoms with Gasteiger partial charge in [0.05, 0.1) is 11.0 Å². The summed E-state index contributed by atoms with van der Waals surface area (Å²) < 4.78 is 27.8. The molecule has 1 N–H and O–H groups in total. The lowest BCUT2D eigenvalue weighted by Crippen LogP contribution is -2.11. The minimum atomic E-state index is -1.03. The molecule has 94 valence electrons. The Bertz CT molecular complexity index is 647. The normalized spacial score (nSPS) is 15.2. The van der Waals surface area contributed by atoms with E-state index in [0.29, 0.717) is 16.9 Å². The number of aromatic nitrogens is 2. The van der Waals surface area contributed by atoms with Crippen LogP contribution in [0.5, 0.6) is 0 Å². The van der Waals surface area contributed by atoms with Crippen molar-refractivity contribution in [2.45, 2.75) is 25.3 Å². The molecule has 1 aromatic heterocycles. The summed E-state index contributed by atoms with van der Waals surface area (Å²) in [5.41, 5.74) is 0.634. The molecule has 1 saturated carbocycles. The van der Waals surface area contributed by atoms with Gasteiger partial charge in [0.25, 0.3) is 0 Å². The van der Waals surface area contributed by atoms with Crippen LogP contribution >= 0.6 is 0 Å². The highest BCUT2D eigenvalue weighted by atomic mass is 19.2. The van der Waals surface area contributed by atoms with Gasteiger partial charge in [0.2, 0.25) is 0 Å². The summed E-state index contributed by atoms with van der Waals surface area (Å²) in [6, 6.07) is 2.02. The standard InChI is InChI=1S/C12H10F2N2O2/c13-7-3-9-10(4-8(7)14)16(5-11(17)18)12(15-9)6-1-2-6/h3-4,6H,1-2,5H2,(H,17,18). The number of nitrogens with zero attached hydrogens (tertiary/aromatic N) is 2. The second-order valence-corrected chi connectivity index (χ2v) is 4.48. The van der Waals surface area contributed by atoms with Crippen LogP contribution in [0.4, 0.5) is 8.78 Å². The molecule has 0 bridgehead atoms. The minimum absolute atomic E-state index is 0.211. The van der Waals surface area contributed by atoms with Crippen molar-refractivity contribution >= 4 is 17.0 Å². The lowest BCUT2D eigenvalue weighted by molar-refractivity contribution is -0.137. The Labute approximate surface area is 101 Å². The zero-order valence-electron chi connectivity index (χ0n) is 9.36. The summed E-state index contributed by atoms with van der Waals surface area (Å²) in [6.45, 7) is -0.284. The van der Waals surface area contributed by atoms with E-state index in [-0.39, 0.29) is 12.5 Å². The van der Waals surface area contributed by atoms with E-state index in [4.69, 9.17) is 5.11 Å². The summed E-state index contributed by atoms with van der Waals surface area (Å²) >= 11 is 0. The Morgan fingerprint density at radius 2 is 2.06 bits per heavy atom. The molecule has 1 aliphatic carbocycles. The summed E-state index contributed by atoms with van der Waals surface area (Å²) in [5, 5.41) is 8.88. The van der Waals surface area contributed by atoms with Crippen molar-refractivity contribution in [1.29, 1.82) is 0 Å². The molecular formula is C12H10F2N2O2. The Balaban J connectivity index is 2.23. The third kappa shape index (κ3) is 1.73. The molecule has 2 aromatic rings. The fourth-order valence-corrected chi connectivity index (χ4v) is 2.09. The molecule has 1 heterocycles. The molecule has 4 nitrogen and oxygen atoms in total. The van der Waals surface area contributed by atoms with Gasteiger partial charge in [-0.1, -0.05) is 0 Å². The van der Waals surface area contributed by atoms with Gasteiger partial charge in [-0.25, -0.2) is 13.8 Å². The van der Waals surface area contributed by atoms with Crippen LogP contribution in [-0.2, 0) is 11.3 Å². The van der Waals surface area contributed by atoms with Crippen LogP contribution in [0.25, 0.3) is 11.0 Å². The maximum Gasteiger partial charge on any atom is 0.323 e. The van der Waals surface area contributed by atoms with Crippen LogP contribution in [0, 0.1) is 11.6 Å². The molecule has 0 spiro atoms. The van der Waals surface area contributed by atoms with Crippen molar-refractivity contribution in [3.05, 3.63) is 29.6 Å². The number of fused-ring (bicyclic) bond motifs is 1. The van der Waals surface area contributed by atoms with Crippen molar-refractivity contribution in [3.8, 4) is 0 Å². The highest BCUT2D eigenvalue weighted by molar-refractivity contribution is 5.79. The Hall–Kier alpha value is -1.98. The van der Waals surface area contributed by atoms with Crippen LogP contribution in [-0.4, -0.2) is 20.6 Å². The van der Waals surface area contributed by atoms with E-state index >= 15 is 0 Å². The number of carboxylic acids is 1. The Kier molecular flexibility index (Phi) is 2.33. The predicted octanol–water partition coefficient (Wildman–Crippen LogP) is 2.28. The van der Waals surface area contributed by atoms with E-state index in [1.165, 1.54) is 4.57 Å². The molecule has 18 heavy (non-hydrogen) atoms. The van der Waals surface area contributed by atoms with Crippen molar-refractivity contribution in [2.24, 2.45) is 0 Å². The lowest BCUT2D eigenvalue weighted by atomic mass is 10.3. The minimum Gasteiger partial charge on any atom is -0.480 e. The number of aliphatic carboxylic acids is 1. The third-order valence-corrected chi connectivity index (χ3v) is 3.06. The smallest absolute Gasteiger partial charge is 0.323 e. The fourth-order valence-electron chi connectivity index (χ4n) is 2.09. The lowest BCUT2D eigenvalue weighted by Gasteiger charge is -2.05. The zero-order chi connectivity index (χ0) is 12.9. The van der Waals surface area contributed by atoms with E-state index in [1.54, 1.807) is 0 Å². The Morgan fingerprint density at radius 1 is 1.39 bits per heavy atom. The van der Waals surface area contributed by atoms with Crippen LogP contribution < -0.4 is 0 Å². The predicted molar refractivity (Wildman–Crippen MR) is 59.3 cm³/mol. The molecule has 0 unspecified atom stereocenters. The number of hydrogen-bond acceptors (Lipinski definition) is 2. The zero-order valence-corrected chi connectivity index (χ0v) is 9.36. The van der Waals surface area contributed by atoms with Gasteiger partial charge in [-0.3, -0.25) is 4.79 Å². The molecule has 6 heteroatoms. The topological polar surface area (TPSA) is 55.1 Å². The first-order valence-corrected chi connectivity index (χ1v) is 5.63. The van der Waals surface area contributed by atoms with E-state index in [0.717, 1.165) is 25.0 Å². The summed E-state index contributed by atoms with van der Waals surface area (Å²) in [4.78, 5) is 15.1. The van der Waals surface area contributed by atoms with E-state index in [2.05, 4.69) is 4.98 Å². The van der Waals surface area contributed by atoms with E-state index < -0.39 is 17.6 Å². The first-order valence-electron chi connectivity index (χ1n) is 5.63. The summed E-state index contributed by atoms with van der Waals surface area (Å²) in [5.74, 6) is -2.16. The second-order valence-electron chi connectivity index (χ2n) is 4.48. The first-order chi connectivity index (χ1) is 8.56. The van der Waals surface area contributed by atoms with Gasteiger partial charge in [-0.05, 0) is 12.8 Å². The number of carbonyl (C=O) groups is 1. The quantitative estimate of drug-likeness (QED) is 0.911. The number of rotatable bonds is 3. The summed E-state index contributed by atoms with van der Waals surface area (Å²) in [6.07, 6.45) is 1.88. The number of halogens is 2. The molecule has 0 aliphatic heterocycles. The molecular weight excluding hydrogens is 242 g/mol. The van der Waals surface area contributed by atoms with Gasteiger partial charge in [0.1, 0.15) is 12.4 Å². The van der Waals surface area contributed by atoms with Crippen LogP contribution in [0.3, 0.4) is 0 Å². The van der Waals surface area contributed by atoms with Crippen molar-refractivity contribution in [1.82, 2.24) is 9.55 Å². The van der Waals surface area contributed by atoms with Gasteiger partial charge in [0.15, 0.2) is 11.6 Å². The largest absolute Gasteiger partial charge is 0.480 e. The molecule has 1 aromatic carbocycles. The van der Waals surface area contributed by atoms with E-state index in [9.17, 15) is 13.6 Å². The maximum absolute atomic E-state index is 13.2. The van der Waals surface area contributed by atoms with Crippen LogP contribution in [0.15, 0.2) is 12.1 Å². The van der Waals surface area contributed by atoms with E-state index in [1.807, 2.05) is 0 Å². The molecule has 3 rings (SSSR count). The van der Waals surface area contributed by atoms with Crippen LogP contribution in [0.1, 0.15) is 24.6 Å². The Morgan fingerprint density at radius 3 is 2.67 bits per heavy atom. The number of carboxylic acid groups (broad SMARTS) is 1. The first kappa shape index (κ1) is 11.1. The van der Waals surface area contributed by atoms with Gasteiger partial charge in [0, 0.05) is 18.1 Å².